The summed E-state index contributed by atoms with van der Waals surface area (Å²) in [6.07, 6.45) is 0.558. The third-order valence-corrected chi connectivity index (χ3v) is 2.40. The maximum Gasteiger partial charge on any atom is 0.308 e. The molecule has 0 fully saturated rings. The van der Waals surface area contributed by atoms with Crippen molar-refractivity contribution in [3.05, 3.63) is 39.4 Å². The molecule has 0 spiro atoms. The van der Waals surface area contributed by atoms with Gasteiger partial charge in [-0.15, -0.1) is 0 Å². The summed E-state index contributed by atoms with van der Waals surface area (Å²) in [4.78, 5) is 9.55. The van der Waals surface area contributed by atoms with Crippen molar-refractivity contribution >= 4 is 5.69 Å². The first-order valence-electron chi connectivity index (χ1n) is 4.80. The molecular formula is C10H12F2N2O2. The van der Waals surface area contributed by atoms with Crippen LogP contribution >= 0.6 is 0 Å². The molecule has 0 aromatic heterocycles. The highest BCUT2D eigenvalue weighted by molar-refractivity contribution is 5.38. The number of hydrogen-bond acceptors (Lipinski definition) is 3. The normalized spacial score (nSPS) is 12.5. The van der Waals surface area contributed by atoms with E-state index in [1.807, 2.05) is 0 Å². The molecule has 2 N–H and O–H groups in total. The fourth-order valence-corrected chi connectivity index (χ4v) is 1.43. The predicted octanol–water partition coefficient (Wildman–Crippen LogP) is 2.33. The zero-order valence-electron chi connectivity index (χ0n) is 8.74. The quantitative estimate of drug-likeness (QED) is 0.637. The second-order valence-corrected chi connectivity index (χ2v) is 3.57. The maximum atomic E-state index is 13.1. The third-order valence-electron chi connectivity index (χ3n) is 2.40. The van der Waals surface area contributed by atoms with E-state index in [2.05, 4.69) is 0 Å². The third kappa shape index (κ3) is 2.52. The molecule has 0 aliphatic rings. The van der Waals surface area contributed by atoms with Gasteiger partial charge in [0.15, 0.2) is 5.82 Å². The molecule has 0 aliphatic heterocycles. The van der Waals surface area contributed by atoms with E-state index >= 15 is 0 Å². The van der Waals surface area contributed by atoms with Crippen molar-refractivity contribution in [2.75, 3.05) is 6.54 Å². The largest absolute Gasteiger partial charge is 0.330 e. The lowest BCUT2D eigenvalue weighted by molar-refractivity contribution is -0.387. The summed E-state index contributed by atoms with van der Waals surface area (Å²) in [5.74, 6) is -2.76. The second kappa shape index (κ2) is 4.98. The molecule has 0 bridgehead atoms. The fraction of sp³-hybridized carbons (Fsp3) is 0.400. The van der Waals surface area contributed by atoms with Crippen LogP contribution in [-0.2, 0) is 0 Å². The van der Waals surface area contributed by atoms with Crippen molar-refractivity contribution in [3.63, 3.8) is 0 Å². The molecule has 88 valence electrons. The Kier molecular flexibility index (Phi) is 3.89. The van der Waals surface area contributed by atoms with Crippen LogP contribution in [0, 0.1) is 21.7 Å². The zero-order valence-corrected chi connectivity index (χ0v) is 8.74. The van der Waals surface area contributed by atoms with Gasteiger partial charge in [-0.05, 0) is 30.5 Å². The van der Waals surface area contributed by atoms with Crippen LogP contribution in [0.4, 0.5) is 14.5 Å². The summed E-state index contributed by atoms with van der Waals surface area (Å²) < 4.78 is 26.1. The molecule has 0 saturated heterocycles. The highest BCUT2D eigenvalue weighted by Crippen LogP contribution is 2.27. The lowest BCUT2D eigenvalue weighted by Crippen LogP contribution is -2.06. The molecule has 4 nitrogen and oxygen atoms in total. The van der Waals surface area contributed by atoms with Crippen LogP contribution in [0.3, 0.4) is 0 Å². The Bertz CT molecular complexity index is 410. The van der Waals surface area contributed by atoms with E-state index in [1.54, 1.807) is 6.92 Å². The van der Waals surface area contributed by atoms with Gasteiger partial charge in [0.2, 0.25) is 5.82 Å². The minimum absolute atomic E-state index is 0.140. The molecule has 0 radical (unpaired) electrons. The number of nitro groups is 1. The minimum atomic E-state index is -1.42. The van der Waals surface area contributed by atoms with Crippen LogP contribution in [0.2, 0.25) is 0 Å². The molecule has 6 heteroatoms. The highest BCUT2D eigenvalue weighted by Gasteiger charge is 2.21. The standard InChI is InChI=1S/C10H12F2N2O2/c1-6(2-3-13)7-4-8(11)10(12)9(5-7)14(15)16/h4-6H,2-3,13H2,1H3. The van der Waals surface area contributed by atoms with E-state index in [4.69, 9.17) is 5.73 Å². The van der Waals surface area contributed by atoms with E-state index in [0.717, 1.165) is 12.1 Å². The predicted molar refractivity (Wildman–Crippen MR) is 55.1 cm³/mol. The number of nitro benzene ring substituents is 1. The Balaban J connectivity index is 3.18. The Morgan fingerprint density at radius 3 is 2.62 bits per heavy atom. The van der Waals surface area contributed by atoms with Crippen molar-refractivity contribution in [2.24, 2.45) is 5.73 Å². The highest BCUT2D eigenvalue weighted by atomic mass is 19.2. The molecule has 1 unspecified atom stereocenters. The maximum absolute atomic E-state index is 13.1. The molecule has 0 aliphatic carbocycles. The average Bonchev–Trinajstić information content (AvgIpc) is 2.21. The fourth-order valence-electron chi connectivity index (χ4n) is 1.43. The van der Waals surface area contributed by atoms with Gasteiger partial charge in [-0.1, -0.05) is 6.92 Å². The monoisotopic (exact) mass is 230 g/mol. The Labute approximate surface area is 91.2 Å². The summed E-state index contributed by atoms with van der Waals surface area (Å²) >= 11 is 0. The first kappa shape index (κ1) is 12.5. The van der Waals surface area contributed by atoms with Gasteiger partial charge >= 0.3 is 5.69 Å². The molecule has 0 heterocycles. The number of hydrogen-bond donors (Lipinski definition) is 1. The van der Waals surface area contributed by atoms with Crippen molar-refractivity contribution in [2.45, 2.75) is 19.3 Å². The zero-order chi connectivity index (χ0) is 12.3. The van der Waals surface area contributed by atoms with E-state index < -0.39 is 22.2 Å². The van der Waals surface area contributed by atoms with Crippen molar-refractivity contribution in [3.8, 4) is 0 Å². The van der Waals surface area contributed by atoms with Crippen LogP contribution < -0.4 is 5.73 Å². The van der Waals surface area contributed by atoms with Crippen molar-refractivity contribution < 1.29 is 13.7 Å². The number of halogens is 2. The molecule has 16 heavy (non-hydrogen) atoms. The lowest BCUT2D eigenvalue weighted by atomic mass is 9.97. The Morgan fingerprint density at radius 2 is 2.12 bits per heavy atom. The SMILES string of the molecule is CC(CCN)c1cc(F)c(F)c([N+](=O)[O-])c1. The van der Waals surface area contributed by atoms with Crippen molar-refractivity contribution in [1.29, 1.82) is 0 Å². The van der Waals surface area contributed by atoms with Gasteiger partial charge in [0.1, 0.15) is 0 Å². The van der Waals surface area contributed by atoms with E-state index in [9.17, 15) is 18.9 Å². The van der Waals surface area contributed by atoms with E-state index in [-0.39, 0.29) is 5.92 Å². The van der Waals surface area contributed by atoms with Crippen LogP contribution in [0.5, 0.6) is 0 Å². The van der Waals surface area contributed by atoms with E-state index in [0.29, 0.717) is 18.5 Å². The first-order chi connectivity index (χ1) is 7.47. The molecule has 1 aromatic rings. The Morgan fingerprint density at radius 1 is 1.50 bits per heavy atom. The topological polar surface area (TPSA) is 69.2 Å². The van der Waals surface area contributed by atoms with Gasteiger partial charge < -0.3 is 5.73 Å². The summed E-state index contributed by atoms with van der Waals surface area (Å²) in [5.41, 5.74) is 4.88. The number of rotatable bonds is 4. The Hall–Kier alpha value is -1.56. The number of nitrogens with two attached hydrogens (primary N) is 1. The second-order valence-electron chi connectivity index (χ2n) is 3.57. The van der Waals surface area contributed by atoms with Gasteiger partial charge in [0.25, 0.3) is 0 Å². The molecule has 1 atom stereocenters. The van der Waals surface area contributed by atoms with Crippen LogP contribution in [-0.4, -0.2) is 11.5 Å². The van der Waals surface area contributed by atoms with Crippen LogP contribution in [0.25, 0.3) is 0 Å². The molecule has 0 saturated carbocycles. The van der Waals surface area contributed by atoms with Gasteiger partial charge in [0.05, 0.1) is 4.92 Å². The minimum Gasteiger partial charge on any atom is -0.330 e. The van der Waals surface area contributed by atoms with Gasteiger partial charge in [-0.25, -0.2) is 4.39 Å². The van der Waals surface area contributed by atoms with Crippen molar-refractivity contribution in [1.82, 2.24) is 0 Å². The van der Waals surface area contributed by atoms with Crippen LogP contribution in [0.1, 0.15) is 24.8 Å². The van der Waals surface area contributed by atoms with Gasteiger partial charge in [-0.2, -0.15) is 4.39 Å². The van der Waals surface area contributed by atoms with E-state index in [1.165, 1.54) is 0 Å². The summed E-state index contributed by atoms with van der Waals surface area (Å²) in [5, 5.41) is 10.5. The lowest BCUT2D eigenvalue weighted by Gasteiger charge is -2.10. The smallest absolute Gasteiger partial charge is 0.308 e. The van der Waals surface area contributed by atoms with Gasteiger partial charge in [-0.3, -0.25) is 10.1 Å². The van der Waals surface area contributed by atoms with Crippen LogP contribution in [0.15, 0.2) is 12.1 Å². The summed E-state index contributed by atoms with van der Waals surface area (Å²) in [6.45, 7) is 2.14. The number of benzene rings is 1. The molecule has 1 aromatic carbocycles. The average molecular weight is 230 g/mol. The summed E-state index contributed by atoms with van der Waals surface area (Å²) in [6, 6.07) is 2.03. The summed E-state index contributed by atoms with van der Waals surface area (Å²) in [7, 11) is 0. The molecule has 0 amide bonds. The molecular weight excluding hydrogens is 218 g/mol. The number of nitrogens with zero attached hydrogens (tertiary/aromatic N) is 1. The first-order valence-corrected chi connectivity index (χ1v) is 4.80. The molecule has 1 rings (SSSR count). The van der Waals surface area contributed by atoms with Gasteiger partial charge in [0, 0.05) is 6.07 Å².